The number of likely N-dealkylation sites (tertiary alicyclic amines) is 1. The molecule has 0 bridgehead atoms. The monoisotopic (exact) mass is 298 g/mol. The summed E-state index contributed by atoms with van der Waals surface area (Å²) in [6.45, 7) is 15.4. The van der Waals surface area contributed by atoms with Crippen LogP contribution < -0.4 is 5.32 Å². The lowest BCUT2D eigenvalue weighted by Gasteiger charge is -2.40. The highest BCUT2D eigenvalue weighted by molar-refractivity contribution is 5.81. The fourth-order valence-electron chi connectivity index (χ4n) is 3.15. The van der Waals surface area contributed by atoms with Gasteiger partial charge >= 0.3 is 0 Å². The Balaban J connectivity index is 2.68. The summed E-state index contributed by atoms with van der Waals surface area (Å²) in [5.74, 6) is 0.698. The molecule has 4 nitrogen and oxygen atoms in total. The quantitative estimate of drug-likeness (QED) is 0.837. The number of nitrogens with zero attached hydrogens (tertiary/aromatic N) is 1. The Bertz CT molecular complexity index is 342. The standard InChI is InChI=1S/C17H34N2O2/c1-16(2,3)10-13-9-14(12-19(11-13)7-8-20)18-15(21)17(4,5)6/h13-14,20H,7-12H2,1-6H3,(H,18,21). The van der Waals surface area contributed by atoms with Crippen LogP contribution in [0.5, 0.6) is 0 Å². The van der Waals surface area contributed by atoms with Crippen molar-refractivity contribution >= 4 is 5.91 Å². The first kappa shape index (κ1) is 18.4. The van der Waals surface area contributed by atoms with Gasteiger partial charge in [-0.2, -0.15) is 0 Å². The minimum absolute atomic E-state index is 0.118. The molecule has 1 aliphatic heterocycles. The second kappa shape index (κ2) is 7.10. The maximum absolute atomic E-state index is 12.2. The van der Waals surface area contributed by atoms with Gasteiger partial charge in [-0.25, -0.2) is 0 Å². The van der Waals surface area contributed by atoms with E-state index in [0.717, 1.165) is 25.9 Å². The number of carbonyl (C=O) groups is 1. The summed E-state index contributed by atoms with van der Waals surface area (Å²) in [5.41, 5.74) is -0.0513. The fraction of sp³-hybridized carbons (Fsp3) is 0.941. The summed E-state index contributed by atoms with van der Waals surface area (Å²) >= 11 is 0. The van der Waals surface area contributed by atoms with Crippen molar-refractivity contribution in [3.63, 3.8) is 0 Å². The fourth-order valence-corrected chi connectivity index (χ4v) is 3.15. The summed E-state index contributed by atoms with van der Waals surface area (Å²) in [4.78, 5) is 14.5. The van der Waals surface area contributed by atoms with Crippen molar-refractivity contribution in [3.8, 4) is 0 Å². The number of aliphatic hydroxyl groups is 1. The third-order valence-corrected chi connectivity index (χ3v) is 3.95. The van der Waals surface area contributed by atoms with Crippen molar-refractivity contribution in [1.82, 2.24) is 10.2 Å². The number of amides is 1. The molecule has 1 saturated heterocycles. The molecule has 1 heterocycles. The zero-order valence-corrected chi connectivity index (χ0v) is 14.7. The molecule has 0 radical (unpaired) electrons. The van der Waals surface area contributed by atoms with E-state index in [-0.39, 0.29) is 24.0 Å². The predicted molar refractivity (Wildman–Crippen MR) is 87.1 cm³/mol. The van der Waals surface area contributed by atoms with E-state index in [1.54, 1.807) is 0 Å². The van der Waals surface area contributed by atoms with E-state index in [9.17, 15) is 9.90 Å². The highest BCUT2D eigenvalue weighted by atomic mass is 16.3. The van der Waals surface area contributed by atoms with Crippen molar-refractivity contribution in [2.45, 2.75) is 60.4 Å². The largest absolute Gasteiger partial charge is 0.395 e. The number of piperidine rings is 1. The first-order valence-corrected chi connectivity index (χ1v) is 8.15. The number of hydrogen-bond acceptors (Lipinski definition) is 3. The van der Waals surface area contributed by atoms with Gasteiger partial charge in [-0.3, -0.25) is 9.69 Å². The smallest absolute Gasteiger partial charge is 0.225 e. The van der Waals surface area contributed by atoms with Crippen LogP contribution in [0, 0.1) is 16.7 Å². The van der Waals surface area contributed by atoms with E-state index in [2.05, 4.69) is 31.0 Å². The second-order valence-electron chi connectivity index (χ2n) is 8.77. The van der Waals surface area contributed by atoms with Gasteiger partial charge in [0.2, 0.25) is 5.91 Å². The molecular weight excluding hydrogens is 264 g/mol. The van der Waals surface area contributed by atoms with Crippen molar-refractivity contribution in [2.75, 3.05) is 26.2 Å². The average Bonchev–Trinajstić information content (AvgIpc) is 2.25. The lowest BCUT2D eigenvalue weighted by Crippen LogP contribution is -2.53. The molecule has 21 heavy (non-hydrogen) atoms. The first-order chi connectivity index (χ1) is 9.51. The molecule has 4 heteroatoms. The third kappa shape index (κ3) is 6.79. The highest BCUT2D eigenvalue weighted by Crippen LogP contribution is 2.30. The molecular formula is C17H34N2O2. The van der Waals surface area contributed by atoms with Gasteiger partial charge in [0.25, 0.3) is 0 Å². The Labute approximate surface area is 130 Å². The summed E-state index contributed by atoms with van der Waals surface area (Å²) in [5, 5.41) is 12.4. The molecule has 1 rings (SSSR count). The minimum Gasteiger partial charge on any atom is -0.395 e. The van der Waals surface area contributed by atoms with Crippen LogP contribution in [-0.4, -0.2) is 48.2 Å². The van der Waals surface area contributed by atoms with Crippen LogP contribution >= 0.6 is 0 Å². The molecule has 1 fully saturated rings. The maximum Gasteiger partial charge on any atom is 0.225 e. The van der Waals surface area contributed by atoms with Crippen LogP contribution in [0.3, 0.4) is 0 Å². The maximum atomic E-state index is 12.2. The number of rotatable bonds is 4. The van der Waals surface area contributed by atoms with Gasteiger partial charge in [-0.05, 0) is 24.2 Å². The van der Waals surface area contributed by atoms with Gasteiger partial charge < -0.3 is 10.4 Å². The Morgan fingerprint density at radius 3 is 2.29 bits per heavy atom. The number of β-amino-alcohol motifs (C(OH)–C–C–N with tert-alkyl or cyclic N) is 1. The van der Waals surface area contributed by atoms with Gasteiger partial charge in [0.05, 0.1) is 6.61 Å². The first-order valence-electron chi connectivity index (χ1n) is 8.15. The SMILES string of the molecule is CC(C)(C)CC1CC(NC(=O)C(C)(C)C)CN(CCO)C1. The Morgan fingerprint density at radius 2 is 1.81 bits per heavy atom. The van der Waals surface area contributed by atoms with Gasteiger partial charge in [0.1, 0.15) is 0 Å². The molecule has 2 N–H and O–H groups in total. The highest BCUT2D eigenvalue weighted by Gasteiger charge is 2.32. The van der Waals surface area contributed by atoms with Crippen molar-refractivity contribution in [2.24, 2.45) is 16.7 Å². The number of aliphatic hydroxyl groups excluding tert-OH is 1. The molecule has 0 saturated carbocycles. The lowest BCUT2D eigenvalue weighted by atomic mass is 9.80. The van der Waals surface area contributed by atoms with E-state index < -0.39 is 0 Å². The molecule has 0 aromatic carbocycles. The lowest BCUT2D eigenvalue weighted by molar-refractivity contribution is -0.129. The van der Waals surface area contributed by atoms with E-state index in [1.807, 2.05) is 20.8 Å². The zero-order valence-electron chi connectivity index (χ0n) is 14.7. The zero-order chi connectivity index (χ0) is 16.3. The Kier molecular flexibility index (Phi) is 6.23. The van der Waals surface area contributed by atoms with Crippen LogP contribution in [0.15, 0.2) is 0 Å². The summed E-state index contributed by atoms with van der Waals surface area (Å²) in [7, 11) is 0. The average molecular weight is 298 g/mol. The van der Waals surface area contributed by atoms with E-state index in [1.165, 1.54) is 0 Å². The topological polar surface area (TPSA) is 52.6 Å². The van der Waals surface area contributed by atoms with Crippen molar-refractivity contribution in [1.29, 1.82) is 0 Å². The number of hydrogen-bond donors (Lipinski definition) is 2. The van der Waals surface area contributed by atoms with Gasteiger partial charge in [-0.15, -0.1) is 0 Å². The molecule has 1 amide bonds. The van der Waals surface area contributed by atoms with Crippen LogP contribution in [0.1, 0.15) is 54.4 Å². The summed E-state index contributed by atoms with van der Waals surface area (Å²) in [6.07, 6.45) is 2.19. The summed E-state index contributed by atoms with van der Waals surface area (Å²) in [6, 6.07) is 0.198. The normalized spacial score (nSPS) is 24.9. The molecule has 0 spiro atoms. The number of nitrogens with one attached hydrogen (secondary N) is 1. The Hall–Kier alpha value is -0.610. The van der Waals surface area contributed by atoms with Crippen LogP contribution in [0.2, 0.25) is 0 Å². The van der Waals surface area contributed by atoms with E-state index in [0.29, 0.717) is 17.9 Å². The number of carbonyl (C=O) groups excluding carboxylic acids is 1. The van der Waals surface area contributed by atoms with Gasteiger partial charge in [0, 0.05) is 31.1 Å². The third-order valence-electron chi connectivity index (χ3n) is 3.95. The molecule has 2 atom stereocenters. The van der Waals surface area contributed by atoms with Crippen LogP contribution in [0.25, 0.3) is 0 Å². The minimum atomic E-state index is -0.348. The van der Waals surface area contributed by atoms with Gasteiger partial charge in [0.15, 0.2) is 0 Å². The van der Waals surface area contributed by atoms with Crippen LogP contribution in [-0.2, 0) is 4.79 Å². The second-order valence-corrected chi connectivity index (χ2v) is 8.77. The molecule has 124 valence electrons. The van der Waals surface area contributed by atoms with Crippen molar-refractivity contribution < 1.29 is 9.90 Å². The van der Waals surface area contributed by atoms with E-state index in [4.69, 9.17) is 0 Å². The van der Waals surface area contributed by atoms with Crippen LogP contribution in [0.4, 0.5) is 0 Å². The predicted octanol–water partition coefficient (Wildman–Crippen LogP) is 2.27. The van der Waals surface area contributed by atoms with E-state index >= 15 is 0 Å². The summed E-state index contributed by atoms with van der Waals surface area (Å²) < 4.78 is 0. The van der Waals surface area contributed by atoms with Crippen molar-refractivity contribution in [3.05, 3.63) is 0 Å². The molecule has 0 aromatic heterocycles. The molecule has 0 aromatic rings. The molecule has 2 unspecified atom stereocenters. The Morgan fingerprint density at radius 1 is 1.19 bits per heavy atom. The molecule has 1 aliphatic rings. The van der Waals surface area contributed by atoms with Gasteiger partial charge in [-0.1, -0.05) is 41.5 Å². The molecule has 0 aliphatic carbocycles.